The van der Waals surface area contributed by atoms with Crippen LogP contribution in [0.4, 0.5) is 0 Å². The highest BCUT2D eigenvalue weighted by Gasteiger charge is 2.26. The first kappa shape index (κ1) is 14.8. The summed E-state index contributed by atoms with van der Waals surface area (Å²) >= 11 is 0. The Kier molecular flexibility index (Phi) is 4.24. The van der Waals surface area contributed by atoms with E-state index in [1.165, 1.54) is 12.0 Å². The number of aliphatic carboxylic acids is 1. The van der Waals surface area contributed by atoms with Crippen LogP contribution in [0.15, 0.2) is 36.5 Å². The second-order valence-electron chi connectivity index (χ2n) is 5.96. The molecule has 1 aliphatic carbocycles. The van der Waals surface area contributed by atoms with Crippen molar-refractivity contribution in [2.24, 2.45) is 5.73 Å². The van der Waals surface area contributed by atoms with Crippen molar-refractivity contribution in [1.82, 2.24) is 9.55 Å². The Bertz CT molecular complexity index is 647. The van der Waals surface area contributed by atoms with Crippen molar-refractivity contribution in [3.63, 3.8) is 0 Å². The van der Waals surface area contributed by atoms with Gasteiger partial charge >= 0.3 is 5.97 Å². The number of carboxylic acids is 1. The molecule has 1 aromatic heterocycles. The van der Waals surface area contributed by atoms with Gasteiger partial charge in [0.2, 0.25) is 0 Å². The van der Waals surface area contributed by atoms with Gasteiger partial charge in [0.1, 0.15) is 11.9 Å². The number of imidazole rings is 1. The van der Waals surface area contributed by atoms with Crippen molar-refractivity contribution < 1.29 is 9.90 Å². The van der Waals surface area contributed by atoms with Crippen LogP contribution in [0, 0.1) is 0 Å². The molecule has 116 valence electrons. The Hall–Kier alpha value is -2.14. The zero-order valence-corrected chi connectivity index (χ0v) is 12.5. The molecule has 1 fully saturated rings. The summed E-state index contributed by atoms with van der Waals surface area (Å²) in [5.41, 5.74) is 7.79. The number of hydrogen-bond donors (Lipinski definition) is 2. The highest BCUT2D eigenvalue weighted by Crippen LogP contribution is 2.36. The molecular formula is C17H21N3O2. The fourth-order valence-corrected chi connectivity index (χ4v) is 2.84. The summed E-state index contributed by atoms with van der Waals surface area (Å²) in [5.74, 6) is 0.596. The topological polar surface area (TPSA) is 81.1 Å². The van der Waals surface area contributed by atoms with Gasteiger partial charge in [-0.1, -0.05) is 36.8 Å². The summed E-state index contributed by atoms with van der Waals surface area (Å²) in [6, 6.07) is 9.28. The van der Waals surface area contributed by atoms with E-state index >= 15 is 0 Å². The summed E-state index contributed by atoms with van der Waals surface area (Å²) in [7, 11) is 0. The van der Waals surface area contributed by atoms with Crippen molar-refractivity contribution in [1.29, 1.82) is 0 Å². The SMILES string of the molecule is N[C@@H](Cc1cnc(C2CCC2)n1Cc1ccccc1)C(=O)O. The lowest BCUT2D eigenvalue weighted by Gasteiger charge is -2.26. The van der Waals surface area contributed by atoms with E-state index in [4.69, 9.17) is 10.8 Å². The second-order valence-corrected chi connectivity index (χ2v) is 5.96. The van der Waals surface area contributed by atoms with Crippen LogP contribution >= 0.6 is 0 Å². The van der Waals surface area contributed by atoms with Crippen molar-refractivity contribution in [3.05, 3.63) is 53.6 Å². The van der Waals surface area contributed by atoms with E-state index < -0.39 is 12.0 Å². The second kappa shape index (κ2) is 6.32. The summed E-state index contributed by atoms with van der Waals surface area (Å²) in [5, 5.41) is 9.04. The summed E-state index contributed by atoms with van der Waals surface area (Å²) in [6.07, 6.45) is 5.67. The van der Waals surface area contributed by atoms with Gasteiger partial charge in [-0.25, -0.2) is 4.98 Å². The van der Waals surface area contributed by atoms with Gasteiger partial charge in [-0.3, -0.25) is 4.79 Å². The Balaban J connectivity index is 1.89. The molecule has 1 heterocycles. The molecule has 1 atom stereocenters. The first-order valence-corrected chi connectivity index (χ1v) is 7.71. The minimum Gasteiger partial charge on any atom is -0.480 e. The maximum atomic E-state index is 11.0. The van der Waals surface area contributed by atoms with Gasteiger partial charge in [0.05, 0.1) is 0 Å². The van der Waals surface area contributed by atoms with Crippen LogP contribution in [0.3, 0.4) is 0 Å². The Morgan fingerprint density at radius 3 is 2.68 bits per heavy atom. The van der Waals surface area contributed by atoms with Gasteiger partial charge in [-0.15, -0.1) is 0 Å². The molecule has 5 heteroatoms. The molecule has 22 heavy (non-hydrogen) atoms. The minimum atomic E-state index is -0.974. The number of nitrogens with zero attached hydrogens (tertiary/aromatic N) is 2. The van der Waals surface area contributed by atoms with Gasteiger partial charge in [-0.05, 0) is 18.4 Å². The first-order chi connectivity index (χ1) is 10.6. The molecule has 0 bridgehead atoms. The van der Waals surface area contributed by atoms with Crippen LogP contribution in [0.2, 0.25) is 0 Å². The van der Waals surface area contributed by atoms with Crippen molar-refractivity contribution >= 4 is 5.97 Å². The molecule has 3 rings (SSSR count). The lowest BCUT2D eigenvalue weighted by Crippen LogP contribution is -2.33. The third-order valence-electron chi connectivity index (χ3n) is 4.37. The molecule has 0 spiro atoms. The van der Waals surface area contributed by atoms with Crippen molar-refractivity contribution in [2.45, 2.75) is 44.2 Å². The molecule has 1 aliphatic rings. The molecule has 0 aliphatic heterocycles. The molecule has 2 aromatic rings. The van der Waals surface area contributed by atoms with Gasteiger partial charge < -0.3 is 15.4 Å². The van der Waals surface area contributed by atoms with Crippen LogP contribution in [0.5, 0.6) is 0 Å². The maximum absolute atomic E-state index is 11.0. The summed E-state index contributed by atoms with van der Waals surface area (Å²) in [4.78, 5) is 15.6. The molecule has 0 unspecified atom stereocenters. The number of nitrogens with two attached hydrogens (primary N) is 1. The number of rotatable bonds is 6. The van der Waals surface area contributed by atoms with Crippen LogP contribution < -0.4 is 5.73 Å². The Morgan fingerprint density at radius 2 is 2.09 bits per heavy atom. The largest absolute Gasteiger partial charge is 0.480 e. The molecule has 1 saturated carbocycles. The Labute approximate surface area is 129 Å². The molecule has 5 nitrogen and oxygen atoms in total. The predicted molar refractivity (Wildman–Crippen MR) is 83.7 cm³/mol. The minimum absolute atomic E-state index is 0.307. The molecular weight excluding hydrogens is 278 g/mol. The molecule has 1 aromatic carbocycles. The van der Waals surface area contributed by atoms with E-state index in [2.05, 4.69) is 21.7 Å². The number of carbonyl (C=O) groups is 1. The first-order valence-electron chi connectivity index (χ1n) is 7.71. The average molecular weight is 299 g/mol. The molecule has 0 saturated heterocycles. The van der Waals surface area contributed by atoms with Gasteiger partial charge in [0, 0.05) is 30.8 Å². The van der Waals surface area contributed by atoms with E-state index in [0.717, 1.165) is 24.4 Å². The van der Waals surface area contributed by atoms with E-state index in [9.17, 15) is 4.79 Å². The Morgan fingerprint density at radius 1 is 1.36 bits per heavy atom. The number of hydrogen-bond acceptors (Lipinski definition) is 3. The predicted octanol–water partition coefficient (Wildman–Crippen LogP) is 2.15. The van der Waals surface area contributed by atoms with Crippen molar-refractivity contribution in [2.75, 3.05) is 0 Å². The number of aromatic nitrogens is 2. The van der Waals surface area contributed by atoms with Crippen LogP contribution in [-0.2, 0) is 17.8 Å². The highest BCUT2D eigenvalue weighted by molar-refractivity contribution is 5.73. The van der Waals surface area contributed by atoms with Crippen LogP contribution in [0.1, 0.15) is 42.3 Å². The van der Waals surface area contributed by atoms with Gasteiger partial charge in [-0.2, -0.15) is 0 Å². The molecule has 0 amide bonds. The van der Waals surface area contributed by atoms with E-state index in [-0.39, 0.29) is 0 Å². The fraction of sp³-hybridized carbons (Fsp3) is 0.412. The monoisotopic (exact) mass is 299 g/mol. The lowest BCUT2D eigenvalue weighted by molar-refractivity contribution is -0.138. The highest BCUT2D eigenvalue weighted by atomic mass is 16.4. The standard InChI is InChI=1S/C17H21N3O2/c18-15(17(21)22)9-14-10-19-16(13-7-4-8-13)20(14)11-12-5-2-1-3-6-12/h1-3,5-6,10,13,15H,4,7-9,11,18H2,(H,21,22)/t15-/m0/s1. The summed E-state index contributed by atoms with van der Waals surface area (Å²) in [6.45, 7) is 0.717. The number of carboxylic acid groups (broad SMARTS) is 1. The quantitative estimate of drug-likeness (QED) is 0.856. The van der Waals surface area contributed by atoms with E-state index in [0.29, 0.717) is 18.9 Å². The normalized spacial score (nSPS) is 16.2. The zero-order chi connectivity index (χ0) is 15.5. The lowest BCUT2D eigenvalue weighted by atomic mass is 9.85. The summed E-state index contributed by atoms with van der Waals surface area (Å²) < 4.78 is 2.15. The van der Waals surface area contributed by atoms with E-state index in [1.54, 1.807) is 6.20 Å². The number of benzene rings is 1. The molecule has 0 radical (unpaired) electrons. The van der Waals surface area contributed by atoms with Crippen LogP contribution in [0.25, 0.3) is 0 Å². The third-order valence-corrected chi connectivity index (χ3v) is 4.37. The maximum Gasteiger partial charge on any atom is 0.320 e. The van der Waals surface area contributed by atoms with E-state index in [1.807, 2.05) is 18.2 Å². The molecule has 3 N–H and O–H groups in total. The smallest absolute Gasteiger partial charge is 0.320 e. The van der Waals surface area contributed by atoms with Crippen LogP contribution in [-0.4, -0.2) is 26.7 Å². The third kappa shape index (κ3) is 3.04. The van der Waals surface area contributed by atoms with Crippen molar-refractivity contribution in [3.8, 4) is 0 Å². The zero-order valence-electron chi connectivity index (χ0n) is 12.5. The van der Waals surface area contributed by atoms with Gasteiger partial charge in [0.15, 0.2) is 0 Å². The average Bonchev–Trinajstić information content (AvgIpc) is 2.81. The fourth-order valence-electron chi connectivity index (χ4n) is 2.84. The van der Waals surface area contributed by atoms with Gasteiger partial charge in [0.25, 0.3) is 0 Å².